The quantitative estimate of drug-likeness (QED) is 0.532. The maximum atomic E-state index is 11.9. The fourth-order valence-corrected chi connectivity index (χ4v) is 2.43. The van der Waals surface area contributed by atoms with Gasteiger partial charge < -0.3 is 0 Å². The Hall–Kier alpha value is -2.02. The Bertz CT molecular complexity index is 601. The van der Waals surface area contributed by atoms with Crippen molar-refractivity contribution in [2.24, 2.45) is 4.99 Å². The van der Waals surface area contributed by atoms with E-state index in [2.05, 4.69) is 9.98 Å². The van der Waals surface area contributed by atoms with Crippen LogP contribution in [0.5, 0.6) is 0 Å². The summed E-state index contributed by atoms with van der Waals surface area (Å²) in [6, 6.07) is 1.13. The van der Waals surface area contributed by atoms with Crippen molar-refractivity contribution < 1.29 is 10.0 Å². The number of hydroxylamine groups is 1. The Morgan fingerprint density at radius 1 is 1.50 bits per heavy atom. The van der Waals surface area contributed by atoms with Crippen molar-refractivity contribution in [1.29, 1.82) is 0 Å². The van der Waals surface area contributed by atoms with E-state index in [0.29, 0.717) is 12.4 Å². The van der Waals surface area contributed by atoms with E-state index < -0.39 is 11.4 Å². The monoisotopic (exact) mass is 248 g/mol. The normalized spacial score (nSPS) is 19.2. The van der Waals surface area contributed by atoms with Crippen LogP contribution in [0, 0.1) is 0 Å². The predicted molar refractivity (Wildman–Crippen MR) is 61.8 cm³/mol. The first kappa shape index (κ1) is 11.1. The second-order valence-corrected chi connectivity index (χ2v) is 4.55. The average molecular weight is 248 g/mol. The summed E-state index contributed by atoms with van der Waals surface area (Å²) in [5, 5.41) is 8.61. The summed E-state index contributed by atoms with van der Waals surface area (Å²) in [7, 11) is 0. The lowest BCUT2D eigenvalue weighted by Gasteiger charge is -2.40. The third kappa shape index (κ3) is 1.40. The summed E-state index contributed by atoms with van der Waals surface area (Å²) < 4.78 is 1.53. The van der Waals surface area contributed by atoms with Crippen molar-refractivity contribution in [3.8, 4) is 0 Å². The van der Waals surface area contributed by atoms with Crippen LogP contribution in [0.2, 0.25) is 0 Å². The lowest BCUT2D eigenvalue weighted by atomic mass is 9.76. The molecule has 1 aliphatic carbocycles. The third-order valence-corrected chi connectivity index (χ3v) is 3.54. The van der Waals surface area contributed by atoms with E-state index >= 15 is 0 Å². The number of aromatic nitrogens is 2. The van der Waals surface area contributed by atoms with E-state index in [1.54, 1.807) is 6.21 Å². The highest BCUT2D eigenvalue weighted by Crippen LogP contribution is 2.44. The maximum absolute atomic E-state index is 11.9. The molecular weight excluding hydrogens is 236 g/mol. The smallest absolute Gasteiger partial charge is 0.289 e. The summed E-state index contributed by atoms with van der Waals surface area (Å²) >= 11 is 0. The molecule has 0 saturated heterocycles. The fourth-order valence-electron chi connectivity index (χ4n) is 2.43. The van der Waals surface area contributed by atoms with E-state index in [0.717, 1.165) is 25.3 Å². The van der Waals surface area contributed by atoms with Crippen molar-refractivity contribution in [3.63, 3.8) is 0 Å². The topological polar surface area (TPSA) is 96.6 Å². The zero-order chi connectivity index (χ0) is 12.8. The molecule has 3 rings (SSSR count). The van der Waals surface area contributed by atoms with Crippen LogP contribution in [0.1, 0.15) is 35.6 Å². The molecule has 0 unspecified atom stereocenters. The molecule has 1 aromatic rings. The molecule has 18 heavy (non-hydrogen) atoms. The van der Waals surface area contributed by atoms with Gasteiger partial charge in [0.2, 0.25) is 0 Å². The number of nitrogens with one attached hydrogen (secondary N) is 1. The molecule has 0 radical (unpaired) electrons. The zero-order valence-electron chi connectivity index (χ0n) is 9.59. The minimum atomic E-state index is -0.778. The van der Waals surface area contributed by atoms with Crippen molar-refractivity contribution in [3.05, 3.63) is 27.9 Å². The predicted octanol–water partition coefficient (Wildman–Crippen LogP) is -0.174. The van der Waals surface area contributed by atoms with Gasteiger partial charge >= 0.3 is 0 Å². The van der Waals surface area contributed by atoms with Crippen LogP contribution in [-0.2, 0) is 12.1 Å². The molecule has 7 nitrogen and oxygen atoms in total. The van der Waals surface area contributed by atoms with Crippen LogP contribution in [-0.4, -0.2) is 26.9 Å². The molecule has 1 saturated carbocycles. The molecule has 94 valence electrons. The Kier molecular flexibility index (Phi) is 2.30. The van der Waals surface area contributed by atoms with Gasteiger partial charge in [0.05, 0.1) is 6.54 Å². The van der Waals surface area contributed by atoms with Crippen LogP contribution in [0.15, 0.2) is 15.9 Å². The molecule has 1 aliphatic heterocycles. The van der Waals surface area contributed by atoms with E-state index in [1.165, 1.54) is 10.0 Å². The van der Waals surface area contributed by atoms with Gasteiger partial charge in [0.25, 0.3) is 11.5 Å². The molecular formula is C11H12N4O3. The molecule has 0 bridgehead atoms. The van der Waals surface area contributed by atoms with Crippen molar-refractivity contribution >= 4 is 12.1 Å². The molecule has 1 fully saturated rings. The third-order valence-electron chi connectivity index (χ3n) is 3.54. The standard InChI is InChI=1S/C11H12N4O3/c16-8-6-7(9(17)14-18)13-10-11(2-1-3-11)12-4-5-15(8)10/h4,6,18H,1-3,5H2,(H,14,17). The lowest BCUT2D eigenvalue weighted by Crippen LogP contribution is -2.44. The maximum Gasteiger partial charge on any atom is 0.293 e. The molecule has 7 heteroatoms. The number of amides is 1. The van der Waals surface area contributed by atoms with E-state index in [9.17, 15) is 9.59 Å². The van der Waals surface area contributed by atoms with Crippen LogP contribution < -0.4 is 11.0 Å². The number of carbonyl (C=O) groups excluding carboxylic acids is 1. The highest BCUT2D eigenvalue weighted by Gasteiger charge is 2.43. The minimum absolute atomic E-state index is 0.0721. The summed E-state index contributed by atoms with van der Waals surface area (Å²) in [4.78, 5) is 31.9. The summed E-state index contributed by atoms with van der Waals surface area (Å²) in [6.45, 7) is 0.379. The van der Waals surface area contributed by atoms with Gasteiger partial charge in [-0.2, -0.15) is 0 Å². The Morgan fingerprint density at radius 2 is 2.28 bits per heavy atom. The molecule has 2 aliphatic rings. The first-order valence-corrected chi connectivity index (χ1v) is 5.77. The van der Waals surface area contributed by atoms with E-state index in [1.807, 2.05) is 0 Å². The lowest BCUT2D eigenvalue weighted by molar-refractivity contribution is 0.0698. The number of nitrogens with zero attached hydrogens (tertiary/aromatic N) is 3. The number of rotatable bonds is 1. The summed E-state index contributed by atoms with van der Waals surface area (Å²) in [5.41, 5.74) is 0.682. The number of hydrogen-bond acceptors (Lipinski definition) is 5. The first-order chi connectivity index (χ1) is 8.66. The summed E-state index contributed by atoms with van der Waals surface area (Å²) in [6.07, 6.45) is 4.42. The molecule has 2 N–H and O–H groups in total. The van der Waals surface area contributed by atoms with Crippen LogP contribution in [0.25, 0.3) is 0 Å². The Labute approximate surface area is 102 Å². The molecule has 0 aromatic carbocycles. The molecule has 0 atom stereocenters. The van der Waals surface area contributed by atoms with Crippen LogP contribution in [0.3, 0.4) is 0 Å². The number of fused-ring (bicyclic) bond motifs is 2. The van der Waals surface area contributed by atoms with Crippen molar-refractivity contribution in [2.75, 3.05) is 0 Å². The highest BCUT2D eigenvalue weighted by molar-refractivity contribution is 5.91. The number of hydrogen-bond donors (Lipinski definition) is 2. The van der Waals surface area contributed by atoms with Crippen LogP contribution >= 0.6 is 0 Å². The van der Waals surface area contributed by atoms with Gasteiger partial charge in [0, 0.05) is 12.3 Å². The van der Waals surface area contributed by atoms with E-state index in [-0.39, 0.29) is 11.3 Å². The van der Waals surface area contributed by atoms with Gasteiger partial charge in [-0.15, -0.1) is 0 Å². The molecule has 2 heterocycles. The molecule has 1 spiro atoms. The largest absolute Gasteiger partial charge is 0.293 e. The second-order valence-electron chi connectivity index (χ2n) is 4.55. The fraction of sp³-hybridized carbons (Fsp3) is 0.455. The van der Waals surface area contributed by atoms with Crippen molar-refractivity contribution in [1.82, 2.24) is 15.0 Å². The van der Waals surface area contributed by atoms with Crippen LogP contribution in [0.4, 0.5) is 0 Å². The van der Waals surface area contributed by atoms with Gasteiger partial charge in [-0.3, -0.25) is 24.4 Å². The average Bonchev–Trinajstić information content (AvgIpc) is 2.35. The zero-order valence-corrected chi connectivity index (χ0v) is 9.59. The van der Waals surface area contributed by atoms with E-state index in [4.69, 9.17) is 5.21 Å². The van der Waals surface area contributed by atoms with Crippen molar-refractivity contribution in [2.45, 2.75) is 31.3 Å². The van der Waals surface area contributed by atoms with Gasteiger partial charge in [0.1, 0.15) is 17.1 Å². The minimum Gasteiger partial charge on any atom is -0.289 e. The summed E-state index contributed by atoms with van der Waals surface area (Å²) in [5.74, 6) is -0.248. The molecule has 1 amide bonds. The SMILES string of the molecule is O=C(NO)c1cc(=O)n2c(n1)C1(CCC1)N=CC2. The second kappa shape index (κ2) is 3.74. The number of carbonyl (C=O) groups is 1. The Balaban J connectivity index is 2.18. The van der Waals surface area contributed by atoms with Gasteiger partial charge in [-0.1, -0.05) is 0 Å². The Morgan fingerprint density at radius 3 is 2.89 bits per heavy atom. The molecule has 1 aromatic heterocycles. The van der Waals surface area contributed by atoms with Gasteiger partial charge in [-0.05, 0) is 19.3 Å². The van der Waals surface area contributed by atoms with Gasteiger partial charge in [-0.25, -0.2) is 10.5 Å². The van der Waals surface area contributed by atoms with Gasteiger partial charge in [0.15, 0.2) is 0 Å². The number of aliphatic imine (C=N–C) groups is 1. The highest BCUT2D eigenvalue weighted by atomic mass is 16.5. The first-order valence-electron chi connectivity index (χ1n) is 5.77.